The van der Waals surface area contributed by atoms with E-state index in [1.54, 1.807) is 7.11 Å². The molecule has 2 rings (SSSR count). The fourth-order valence-electron chi connectivity index (χ4n) is 3.57. The topological polar surface area (TPSA) is 73.9 Å². The van der Waals surface area contributed by atoms with Crippen LogP contribution in [0.25, 0.3) is 0 Å². The highest BCUT2D eigenvalue weighted by Crippen LogP contribution is 2.22. The second kappa shape index (κ2) is 11.4. The van der Waals surface area contributed by atoms with E-state index in [1.807, 2.05) is 0 Å². The molecule has 0 bridgehead atoms. The molecule has 25 heavy (non-hydrogen) atoms. The first-order valence-electron chi connectivity index (χ1n) is 9.64. The number of amides is 2. The van der Waals surface area contributed by atoms with Crippen molar-refractivity contribution in [2.75, 3.05) is 66.1 Å². The Labute approximate surface area is 151 Å². The fraction of sp³-hybridized carbons (Fsp3) is 0.889. The average molecular weight is 354 g/mol. The van der Waals surface area contributed by atoms with E-state index in [-0.39, 0.29) is 11.8 Å². The molecule has 144 valence electrons. The maximum atomic E-state index is 12.1. The molecular formula is C18H34N4O3. The Morgan fingerprint density at radius 3 is 2.04 bits per heavy atom. The maximum Gasteiger partial charge on any atom is 0.234 e. The number of nitrogens with one attached hydrogen (secondary N) is 2. The third-order valence-electron chi connectivity index (χ3n) is 5.14. The van der Waals surface area contributed by atoms with E-state index in [9.17, 15) is 9.59 Å². The van der Waals surface area contributed by atoms with Gasteiger partial charge in [-0.25, -0.2) is 0 Å². The zero-order valence-corrected chi connectivity index (χ0v) is 15.6. The van der Waals surface area contributed by atoms with Crippen LogP contribution in [0.4, 0.5) is 0 Å². The zero-order chi connectivity index (χ0) is 17.9. The number of carbonyl (C=O) groups is 2. The van der Waals surface area contributed by atoms with E-state index in [4.69, 9.17) is 4.74 Å². The monoisotopic (exact) mass is 354 g/mol. The number of piperazine rings is 1. The summed E-state index contributed by atoms with van der Waals surface area (Å²) in [5.41, 5.74) is 0. The summed E-state index contributed by atoms with van der Waals surface area (Å²) >= 11 is 0. The Kier molecular flexibility index (Phi) is 9.21. The molecule has 0 aromatic heterocycles. The van der Waals surface area contributed by atoms with E-state index >= 15 is 0 Å². The molecule has 1 heterocycles. The van der Waals surface area contributed by atoms with Gasteiger partial charge in [0.2, 0.25) is 11.8 Å². The summed E-state index contributed by atoms with van der Waals surface area (Å²) in [4.78, 5) is 28.2. The lowest BCUT2D eigenvalue weighted by Crippen LogP contribution is -2.51. The number of nitrogens with zero attached hydrogens (tertiary/aromatic N) is 2. The average Bonchev–Trinajstić information content (AvgIpc) is 2.63. The molecule has 7 nitrogen and oxygen atoms in total. The predicted octanol–water partition coefficient (Wildman–Crippen LogP) is 0.0631. The minimum Gasteiger partial charge on any atom is -0.383 e. The lowest BCUT2D eigenvalue weighted by molar-refractivity contribution is -0.125. The largest absolute Gasteiger partial charge is 0.383 e. The minimum atomic E-state index is 0.0377. The Morgan fingerprint density at radius 1 is 0.920 bits per heavy atom. The molecule has 2 N–H and O–H groups in total. The molecular weight excluding hydrogens is 320 g/mol. The van der Waals surface area contributed by atoms with Crippen LogP contribution in [0.1, 0.15) is 32.1 Å². The quantitative estimate of drug-likeness (QED) is 0.573. The molecule has 0 aromatic carbocycles. The van der Waals surface area contributed by atoms with Gasteiger partial charge in [-0.3, -0.25) is 19.4 Å². The summed E-state index contributed by atoms with van der Waals surface area (Å²) in [6.45, 7) is 6.14. The van der Waals surface area contributed by atoms with E-state index < -0.39 is 0 Å². The second-order valence-electron chi connectivity index (χ2n) is 7.20. The van der Waals surface area contributed by atoms with Crippen molar-refractivity contribution in [3.8, 4) is 0 Å². The SMILES string of the molecule is COCCNC(=O)CN1CCN(CC(=O)NCC2CCCCC2)CC1. The molecule has 2 amide bonds. The Hall–Kier alpha value is -1.18. The maximum absolute atomic E-state index is 12.1. The van der Waals surface area contributed by atoms with Crippen molar-refractivity contribution in [1.29, 1.82) is 0 Å². The van der Waals surface area contributed by atoms with Crippen molar-refractivity contribution < 1.29 is 14.3 Å². The molecule has 1 aliphatic heterocycles. The van der Waals surface area contributed by atoms with Crippen LogP contribution in [0.15, 0.2) is 0 Å². The zero-order valence-electron chi connectivity index (χ0n) is 15.6. The van der Waals surface area contributed by atoms with Gasteiger partial charge in [0, 0.05) is 46.4 Å². The van der Waals surface area contributed by atoms with Crippen LogP contribution in [-0.4, -0.2) is 87.7 Å². The van der Waals surface area contributed by atoms with Gasteiger partial charge >= 0.3 is 0 Å². The van der Waals surface area contributed by atoms with Gasteiger partial charge in [-0.2, -0.15) is 0 Å². The molecule has 1 saturated heterocycles. The molecule has 0 unspecified atom stereocenters. The summed E-state index contributed by atoms with van der Waals surface area (Å²) in [7, 11) is 1.62. The fourth-order valence-corrected chi connectivity index (χ4v) is 3.57. The van der Waals surface area contributed by atoms with Crippen molar-refractivity contribution in [3.05, 3.63) is 0 Å². The molecule has 0 aromatic rings. The van der Waals surface area contributed by atoms with Gasteiger partial charge in [0.25, 0.3) is 0 Å². The highest BCUT2D eigenvalue weighted by Gasteiger charge is 2.21. The van der Waals surface area contributed by atoms with Crippen LogP contribution < -0.4 is 10.6 Å². The summed E-state index contributed by atoms with van der Waals surface area (Å²) in [5, 5.41) is 5.94. The van der Waals surface area contributed by atoms with Crippen molar-refractivity contribution in [3.63, 3.8) is 0 Å². The smallest absolute Gasteiger partial charge is 0.234 e. The van der Waals surface area contributed by atoms with Crippen molar-refractivity contribution in [1.82, 2.24) is 20.4 Å². The van der Waals surface area contributed by atoms with E-state index in [0.717, 1.165) is 32.7 Å². The van der Waals surface area contributed by atoms with Gasteiger partial charge in [-0.05, 0) is 18.8 Å². The van der Waals surface area contributed by atoms with E-state index in [2.05, 4.69) is 20.4 Å². The number of hydrogen-bond donors (Lipinski definition) is 2. The van der Waals surface area contributed by atoms with Gasteiger partial charge in [-0.1, -0.05) is 19.3 Å². The number of methoxy groups -OCH3 is 1. The van der Waals surface area contributed by atoms with Gasteiger partial charge in [0.05, 0.1) is 19.7 Å². The molecule has 7 heteroatoms. The number of rotatable bonds is 9. The van der Waals surface area contributed by atoms with Crippen LogP contribution in [0.5, 0.6) is 0 Å². The van der Waals surface area contributed by atoms with Gasteiger partial charge in [-0.15, -0.1) is 0 Å². The van der Waals surface area contributed by atoms with Crippen LogP contribution in [-0.2, 0) is 14.3 Å². The summed E-state index contributed by atoms with van der Waals surface area (Å²) in [6.07, 6.45) is 6.47. The standard InChI is InChI=1S/C18H34N4O3/c1-25-12-7-19-17(23)14-21-8-10-22(11-9-21)15-18(24)20-13-16-5-3-2-4-6-16/h16H,2-15H2,1H3,(H,19,23)(H,20,24). The molecule has 1 aliphatic carbocycles. The van der Waals surface area contributed by atoms with Crippen LogP contribution in [0.2, 0.25) is 0 Å². The highest BCUT2D eigenvalue weighted by atomic mass is 16.5. The number of ether oxygens (including phenoxy) is 1. The van der Waals surface area contributed by atoms with Crippen LogP contribution >= 0.6 is 0 Å². The first-order chi connectivity index (χ1) is 12.2. The van der Waals surface area contributed by atoms with Gasteiger partial charge in [0.1, 0.15) is 0 Å². The lowest BCUT2D eigenvalue weighted by Gasteiger charge is -2.34. The third kappa shape index (κ3) is 8.16. The Bertz CT molecular complexity index is 405. The minimum absolute atomic E-state index is 0.0377. The lowest BCUT2D eigenvalue weighted by atomic mass is 9.89. The molecule has 1 saturated carbocycles. The van der Waals surface area contributed by atoms with Gasteiger partial charge < -0.3 is 15.4 Å². The first-order valence-corrected chi connectivity index (χ1v) is 9.64. The normalized spacial score (nSPS) is 20.4. The molecule has 0 spiro atoms. The van der Waals surface area contributed by atoms with Crippen molar-refractivity contribution >= 4 is 11.8 Å². The molecule has 0 radical (unpaired) electrons. The predicted molar refractivity (Wildman–Crippen MR) is 97.4 cm³/mol. The Balaban J connectivity index is 1.55. The molecule has 0 atom stereocenters. The second-order valence-corrected chi connectivity index (χ2v) is 7.20. The van der Waals surface area contributed by atoms with Crippen LogP contribution in [0, 0.1) is 5.92 Å². The summed E-state index contributed by atoms with van der Waals surface area (Å²) in [6, 6.07) is 0. The molecule has 2 fully saturated rings. The van der Waals surface area contributed by atoms with E-state index in [0.29, 0.717) is 32.2 Å². The van der Waals surface area contributed by atoms with Gasteiger partial charge in [0.15, 0.2) is 0 Å². The highest BCUT2D eigenvalue weighted by molar-refractivity contribution is 5.78. The summed E-state index contributed by atoms with van der Waals surface area (Å²) < 4.78 is 4.92. The van der Waals surface area contributed by atoms with Crippen LogP contribution in [0.3, 0.4) is 0 Å². The molecule has 2 aliphatic rings. The van der Waals surface area contributed by atoms with Crippen molar-refractivity contribution in [2.24, 2.45) is 5.92 Å². The first kappa shape index (κ1) is 20.1. The third-order valence-corrected chi connectivity index (χ3v) is 5.14. The number of carbonyl (C=O) groups excluding carboxylic acids is 2. The number of hydrogen-bond acceptors (Lipinski definition) is 5. The summed E-state index contributed by atoms with van der Waals surface area (Å²) in [5.74, 6) is 0.846. The van der Waals surface area contributed by atoms with Crippen molar-refractivity contribution in [2.45, 2.75) is 32.1 Å². The van der Waals surface area contributed by atoms with E-state index in [1.165, 1.54) is 32.1 Å². The Morgan fingerprint density at radius 2 is 1.48 bits per heavy atom.